The molecule has 1 aromatic rings. The number of amides is 1. The third kappa shape index (κ3) is 4.33. The summed E-state index contributed by atoms with van der Waals surface area (Å²) < 4.78 is 21.2. The van der Waals surface area contributed by atoms with Crippen molar-refractivity contribution in [3.05, 3.63) is 17.7 Å². The Hall–Kier alpha value is -2.48. The quantitative estimate of drug-likeness (QED) is 0.814. The molecule has 1 aliphatic heterocycles. The lowest BCUT2D eigenvalue weighted by atomic mass is 10.1. The number of carbonyl (C=O) groups is 2. The zero-order valence-electron chi connectivity index (χ0n) is 14.8. The molecule has 1 aromatic carbocycles. The maximum Gasteiger partial charge on any atom is 0.334 e. The number of carboxylic acids is 1. The Labute approximate surface area is 146 Å². The van der Waals surface area contributed by atoms with Crippen LogP contribution in [0.15, 0.2) is 12.1 Å². The average Bonchev–Trinajstić information content (AvgIpc) is 2.60. The number of hydrogen-bond donors (Lipinski definition) is 1. The van der Waals surface area contributed by atoms with Gasteiger partial charge in [0.05, 0.1) is 40.4 Å². The van der Waals surface area contributed by atoms with E-state index in [9.17, 15) is 9.59 Å². The van der Waals surface area contributed by atoms with Crippen molar-refractivity contribution in [2.75, 3.05) is 34.4 Å². The molecular formula is C17H23NO7. The van der Waals surface area contributed by atoms with E-state index in [0.29, 0.717) is 29.4 Å². The van der Waals surface area contributed by atoms with Crippen LogP contribution in [0.25, 0.3) is 0 Å². The molecule has 2 rings (SSSR count). The lowest BCUT2D eigenvalue weighted by Crippen LogP contribution is -2.52. The Balaban J connectivity index is 2.18. The largest absolute Gasteiger partial charge is 0.493 e. The van der Waals surface area contributed by atoms with Crippen molar-refractivity contribution in [2.45, 2.75) is 25.6 Å². The maximum absolute atomic E-state index is 12.6. The van der Waals surface area contributed by atoms with Gasteiger partial charge in [0.2, 0.25) is 11.7 Å². The molecule has 8 heteroatoms. The standard InChI is InChI=1S/C17H23NO7/c1-10-8-18(9-14(25-10)17(20)21)15(19)7-11-5-12(22-2)16(24-4)13(6-11)23-3/h5-6,10,14H,7-9H2,1-4H3,(H,20,21)/t10-,14?/m1/s1. The van der Waals surface area contributed by atoms with Gasteiger partial charge < -0.3 is 29.0 Å². The molecule has 1 fully saturated rings. The lowest BCUT2D eigenvalue weighted by molar-refractivity contribution is -0.166. The maximum atomic E-state index is 12.6. The fourth-order valence-electron chi connectivity index (χ4n) is 2.82. The van der Waals surface area contributed by atoms with Crippen LogP contribution < -0.4 is 14.2 Å². The van der Waals surface area contributed by atoms with Gasteiger partial charge in [-0.2, -0.15) is 0 Å². The molecule has 138 valence electrons. The Bertz CT molecular complexity index is 621. The van der Waals surface area contributed by atoms with Gasteiger partial charge in [-0.1, -0.05) is 0 Å². The highest BCUT2D eigenvalue weighted by Gasteiger charge is 2.32. The average molecular weight is 353 g/mol. The summed E-state index contributed by atoms with van der Waals surface area (Å²) >= 11 is 0. The van der Waals surface area contributed by atoms with Crippen LogP contribution in [0, 0.1) is 0 Å². The Morgan fingerprint density at radius 2 is 1.76 bits per heavy atom. The lowest BCUT2D eigenvalue weighted by Gasteiger charge is -2.35. The number of ether oxygens (including phenoxy) is 4. The molecule has 0 bridgehead atoms. The first-order valence-corrected chi connectivity index (χ1v) is 7.84. The molecule has 1 amide bonds. The molecule has 1 heterocycles. The van der Waals surface area contributed by atoms with Crippen LogP contribution in [-0.4, -0.2) is 68.5 Å². The summed E-state index contributed by atoms with van der Waals surface area (Å²) in [6.07, 6.45) is -1.25. The number of aliphatic carboxylic acids is 1. The van der Waals surface area contributed by atoms with Gasteiger partial charge in [0, 0.05) is 6.54 Å². The van der Waals surface area contributed by atoms with Gasteiger partial charge >= 0.3 is 5.97 Å². The third-order valence-electron chi connectivity index (χ3n) is 3.97. The van der Waals surface area contributed by atoms with E-state index >= 15 is 0 Å². The topological polar surface area (TPSA) is 94.5 Å². The van der Waals surface area contributed by atoms with Crippen LogP contribution in [0.1, 0.15) is 12.5 Å². The summed E-state index contributed by atoms with van der Waals surface area (Å²) in [5, 5.41) is 9.13. The number of nitrogens with zero attached hydrogens (tertiary/aromatic N) is 1. The van der Waals surface area contributed by atoms with Crippen molar-refractivity contribution < 1.29 is 33.6 Å². The van der Waals surface area contributed by atoms with Crippen molar-refractivity contribution in [3.8, 4) is 17.2 Å². The van der Waals surface area contributed by atoms with Crippen LogP contribution in [0.4, 0.5) is 0 Å². The van der Waals surface area contributed by atoms with Gasteiger partial charge in [0.1, 0.15) is 0 Å². The van der Waals surface area contributed by atoms with Crippen molar-refractivity contribution in [2.24, 2.45) is 0 Å². The summed E-state index contributed by atoms with van der Waals surface area (Å²) in [6, 6.07) is 3.41. The zero-order valence-corrected chi connectivity index (χ0v) is 14.8. The molecule has 1 saturated heterocycles. The number of morpholine rings is 1. The molecule has 0 radical (unpaired) electrons. The van der Waals surface area contributed by atoms with E-state index in [4.69, 9.17) is 24.1 Å². The van der Waals surface area contributed by atoms with E-state index < -0.39 is 12.1 Å². The molecule has 25 heavy (non-hydrogen) atoms. The number of methoxy groups -OCH3 is 3. The first-order chi connectivity index (χ1) is 11.9. The molecule has 0 aliphatic carbocycles. The van der Waals surface area contributed by atoms with Gasteiger partial charge in [-0.3, -0.25) is 4.79 Å². The molecule has 2 atom stereocenters. The molecular weight excluding hydrogens is 330 g/mol. The van der Waals surface area contributed by atoms with Gasteiger partial charge in [0.15, 0.2) is 17.6 Å². The monoisotopic (exact) mass is 353 g/mol. The predicted molar refractivity (Wildman–Crippen MR) is 88.4 cm³/mol. The Morgan fingerprint density at radius 3 is 2.24 bits per heavy atom. The van der Waals surface area contributed by atoms with E-state index in [1.807, 2.05) is 0 Å². The first-order valence-electron chi connectivity index (χ1n) is 7.84. The SMILES string of the molecule is COc1cc(CC(=O)N2CC(C(=O)O)O[C@H](C)C2)cc(OC)c1OC. The van der Waals surface area contributed by atoms with Gasteiger partial charge in [-0.05, 0) is 24.6 Å². The van der Waals surface area contributed by atoms with E-state index in [1.54, 1.807) is 19.1 Å². The third-order valence-corrected chi connectivity index (χ3v) is 3.97. The zero-order chi connectivity index (χ0) is 18.6. The summed E-state index contributed by atoms with van der Waals surface area (Å²) in [4.78, 5) is 25.3. The minimum absolute atomic E-state index is 0.0307. The molecule has 1 aliphatic rings. The molecule has 0 saturated carbocycles. The second kappa shape index (κ2) is 8.06. The summed E-state index contributed by atoms with van der Waals surface area (Å²) in [5.41, 5.74) is 0.686. The first kappa shape index (κ1) is 18.9. The number of hydrogen-bond acceptors (Lipinski definition) is 6. The van der Waals surface area contributed by atoms with E-state index in [2.05, 4.69) is 0 Å². The van der Waals surface area contributed by atoms with Gasteiger partial charge in [-0.15, -0.1) is 0 Å². The minimum atomic E-state index is -1.07. The highest BCUT2D eigenvalue weighted by atomic mass is 16.5. The second-order valence-electron chi connectivity index (χ2n) is 5.78. The van der Waals surface area contributed by atoms with Gasteiger partial charge in [0.25, 0.3) is 0 Å². The summed E-state index contributed by atoms with van der Waals surface area (Å²) in [6.45, 7) is 2.13. The second-order valence-corrected chi connectivity index (χ2v) is 5.78. The number of carbonyl (C=O) groups excluding carboxylic acids is 1. The summed E-state index contributed by atoms with van der Waals surface area (Å²) in [5.74, 6) is 0.117. The van der Waals surface area contributed by atoms with Crippen molar-refractivity contribution >= 4 is 11.9 Å². The number of benzene rings is 1. The van der Waals surface area contributed by atoms with Crippen LogP contribution in [0.5, 0.6) is 17.2 Å². The van der Waals surface area contributed by atoms with E-state index in [-0.39, 0.29) is 25.0 Å². The van der Waals surface area contributed by atoms with E-state index in [0.717, 1.165) is 0 Å². The smallest absolute Gasteiger partial charge is 0.334 e. The van der Waals surface area contributed by atoms with Crippen molar-refractivity contribution in [3.63, 3.8) is 0 Å². The van der Waals surface area contributed by atoms with Gasteiger partial charge in [-0.25, -0.2) is 4.79 Å². The predicted octanol–water partition coefficient (Wildman–Crippen LogP) is 0.955. The van der Waals surface area contributed by atoms with E-state index in [1.165, 1.54) is 26.2 Å². The fourth-order valence-corrected chi connectivity index (χ4v) is 2.82. The molecule has 0 aromatic heterocycles. The number of carboxylic acid groups (broad SMARTS) is 1. The highest BCUT2D eigenvalue weighted by molar-refractivity contribution is 5.81. The normalized spacial score (nSPS) is 20.1. The Morgan fingerprint density at radius 1 is 1.16 bits per heavy atom. The Kier molecular flexibility index (Phi) is 6.08. The fraction of sp³-hybridized carbons (Fsp3) is 0.529. The van der Waals surface area contributed by atoms with Crippen LogP contribution in [0.3, 0.4) is 0 Å². The van der Waals surface area contributed by atoms with Crippen LogP contribution in [-0.2, 0) is 20.7 Å². The van der Waals surface area contributed by atoms with Crippen LogP contribution >= 0.6 is 0 Å². The highest BCUT2D eigenvalue weighted by Crippen LogP contribution is 2.38. The molecule has 1 N–H and O–H groups in total. The molecule has 8 nitrogen and oxygen atoms in total. The molecule has 1 unspecified atom stereocenters. The van der Waals surface area contributed by atoms with Crippen LogP contribution in [0.2, 0.25) is 0 Å². The summed E-state index contributed by atoms with van der Waals surface area (Å²) in [7, 11) is 4.51. The van der Waals surface area contributed by atoms with Crippen molar-refractivity contribution in [1.82, 2.24) is 4.90 Å². The number of rotatable bonds is 6. The minimum Gasteiger partial charge on any atom is -0.493 e. The van der Waals surface area contributed by atoms with Crippen molar-refractivity contribution in [1.29, 1.82) is 0 Å². The molecule has 0 spiro atoms.